The smallest absolute Gasteiger partial charge is 0.243 e. The summed E-state index contributed by atoms with van der Waals surface area (Å²) >= 11 is 1.67. The molecule has 0 bridgehead atoms. The molecule has 5 heteroatoms. The Morgan fingerprint density at radius 3 is 2.82 bits per heavy atom. The summed E-state index contributed by atoms with van der Waals surface area (Å²) in [5, 5.41) is 5.07. The predicted molar refractivity (Wildman–Crippen MR) is 87.5 cm³/mol. The average molecular weight is 320 g/mol. The number of nitrogens with zero attached hydrogens (tertiary/aromatic N) is 1. The van der Waals surface area contributed by atoms with E-state index >= 15 is 0 Å². The summed E-state index contributed by atoms with van der Waals surface area (Å²) in [6, 6.07) is 1.80. The molecule has 1 saturated carbocycles. The van der Waals surface area contributed by atoms with Crippen LogP contribution in [0.4, 0.5) is 0 Å². The Labute approximate surface area is 135 Å². The number of thiophene rings is 1. The molecular formula is C17H24N2O2S. The van der Waals surface area contributed by atoms with E-state index in [1.807, 2.05) is 10.3 Å². The fourth-order valence-electron chi connectivity index (χ4n) is 3.22. The standard InChI is InChI=1S/C17H24N2O2S/c1-11-6-8-22-15(11)10-18-16(20)14-5-3-4-7-19(14)17(21)13-9-12(13)2/h6,8,12-14H,3-5,7,9-10H2,1-2H3,(H,18,20)/t12-,13+,14+/m1/s1. The lowest BCUT2D eigenvalue weighted by molar-refractivity contribution is -0.143. The largest absolute Gasteiger partial charge is 0.349 e. The minimum atomic E-state index is -0.269. The maximum atomic E-state index is 12.5. The van der Waals surface area contributed by atoms with E-state index in [-0.39, 0.29) is 23.8 Å². The molecule has 1 aromatic heterocycles. The van der Waals surface area contributed by atoms with Gasteiger partial charge in [-0.1, -0.05) is 6.92 Å². The highest BCUT2D eigenvalue weighted by Crippen LogP contribution is 2.40. The van der Waals surface area contributed by atoms with Gasteiger partial charge in [0.05, 0.1) is 6.54 Å². The van der Waals surface area contributed by atoms with E-state index in [2.05, 4.69) is 25.2 Å². The summed E-state index contributed by atoms with van der Waals surface area (Å²) in [7, 11) is 0. The summed E-state index contributed by atoms with van der Waals surface area (Å²) < 4.78 is 0. The number of rotatable bonds is 4. The monoisotopic (exact) mass is 320 g/mol. The Balaban J connectivity index is 1.61. The molecule has 2 heterocycles. The molecule has 3 rings (SSSR count). The van der Waals surface area contributed by atoms with Crippen molar-refractivity contribution in [2.45, 2.75) is 52.1 Å². The Morgan fingerprint density at radius 1 is 1.41 bits per heavy atom. The molecule has 120 valence electrons. The van der Waals surface area contributed by atoms with Gasteiger partial charge in [0.2, 0.25) is 11.8 Å². The Kier molecular flexibility index (Phi) is 4.52. The first-order chi connectivity index (χ1) is 10.6. The van der Waals surface area contributed by atoms with E-state index in [1.165, 1.54) is 10.4 Å². The van der Waals surface area contributed by atoms with E-state index in [9.17, 15) is 9.59 Å². The number of nitrogens with one attached hydrogen (secondary N) is 1. The van der Waals surface area contributed by atoms with Crippen molar-refractivity contribution in [1.29, 1.82) is 0 Å². The van der Waals surface area contributed by atoms with Crippen LogP contribution < -0.4 is 5.32 Å². The first-order valence-electron chi connectivity index (χ1n) is 8.19. The molecule has 1 aromatic rings. The molecule has 0 aromatic carbocycles. The van der Waals surface area contributed by atoms with Gasteiger partial charge < -0.3 is 10.2 Å². The summed E-state index contributed by atoms with van der Waals surface area (Å²) in [5.74, 6) is 0.855. The van der Waals surface area contributed by atoms with E-state index < -0.39 is 0 Å². The lowest BCUT2D eigenvalue weighted by Gasteiger charge is -2.35. The fraction of sp³-hybridized carbons (Fsp3) is 0.647. The molecule has 2 fully saturated rings. The highest BCUT2D eigenvalue weighted by atomic mass is 32.1. The summed E-state index contributed by atoms with van der Waals surface area (Å²) in [6.45, 7) is 5.48. The molecule has 1 aliphatic carbocycles. The third-order valence-corrected chi connectivity index (χ3v) is 5.93. The molecule has 2 amide bonds. The second-order valence-electron chi connectivity index (χ2n) is 6.61. The highest BCUT2D eigenvalue weighted by Gasteiger charge is 2.44. The third-order valence-electron chi connectivity index (χ3n) is 4.91. The quantitative estimate of drug-likeness (QED) is 0.927. The van der Waals surface area contributed by atoms with Crippen molar-refractivity contribution in [2.24, 2.45) is 11.8 Å². The van der Waals surface area contributed by atoms with Crippen LogP contribution in [-0.4, -0.2) is 29.3 Å². The zero-order valence-electron chi connectivity index (χ0n) is 13.3. The molecule has 0 unspecified atom stereocenters. The van der Waals surface area contributed by atoms with E-state index in [1.54, 1.807) is 11.3 Å². The Morgan fingerprint density at radius 2 is 2.18 bits per heavy atom. The Bertz CT molecular complexity index is 569. The van der Waals surface area contributed by atoms with Crippen molar-refractivity contribution >= 4 is 23.2 Å². The molecule has 2 aliphatic rings. The van der Waals surface area contributed by atoms with E-state index in [0.29, 0.717) is 12.5 Å². The summed E-state index contributed by atoms with van der Waals surface area (Å²) in [6.07, 6.45) is 3.82. The molecule has 22 heavy (non-hydrogen) atoms. The third kappa shape index (κ3) is 3.19. The maximum absolute atomic E-state index is 12.5. The minimum Gasteiger partial charge on any atom is -0.349 e. The second-order valence-corrected chi connectivity index (χ2v) is 7.61. The van der Waals surface area contributed by atoms with Gasteiger partial charge in [-0.3, -0.25) is 9.59 Å². The van der Waals surface area contributed by atoms with Gasteiger partial charge in [0.25, 0.3) is 0 Å². The first-order valence-corrected chi connectivity index (χ1v) is 9.07. The fourth-order valence-corrected chi connectivity index (χ4v) is 4.06. The van der Waals surface area contributed by atoms with Crippen LogP contribution in [0.2, 0.25) is 0 Å². The number of amides is 2. The van der Waals surface area contributed by atoms with Gasteiger partial charge in [0.1, 0.15) is 6.04 Å². The average Bonchev–Trinajstić information content (AvgIpc) is 3.12. The Hall–Kier alpha value is -1.36. The topological polar surface area (TPSA) is 49.4 Å². The number of carbonyl (C=O) groups excluding carboxylic acids is 2. The molecule has 1 N–H and O–H groups in total. The van der Waals surface area contributed by atoms with Crippen LogP contribution in [0.1, 0.15) is 43.0 Å². The van der Waals surface area contributed by atoms with E-state index in [0.717, 1.165) is 32.2 Å². The highest BCUT2D eigenvalue weighted by molar-refractivity contribution is 7.10. The van der Waals surface area contributed by atoms with Crippen LogP contribution in [0, 0.1) is 18.8 Å². The van der Waals surface area contributed by atoms with Crippen LogP contribution in [-0.2, 0) is 16.1 Å². The van der Waals surface area contributed by atoms with Crippen LogP contribution >= 0.6 is 11.3 Å². The molecule has 0 spiro atoms. The lowest BCUT2D eigenvalue weighted by Crippen LogP contribution is -2.52. The number of carbonyl (C=O) groups is 2. The zero-order valence-corrected chi connectivity index (χ0v) is 14.1. The van der Waals surface area contributed by atoms with Gasteiger partial charge in [-0.25, -0.2) is 0 Å². The van der Waals surface area contributed by atoms with Gasteiger partial charge in [0.15, 0.2) is 0 Å². The number of aryl methyl sites for hydroxylation is 1. The predicted octanol–water partition coefficient (Wildman–Crippen LogP) is 2.71. The lowest BCUT2D eigenvalue weighted by atomic mass is 10.0. The molecule has 1 aliphatic heterocycles. The van der Waals surface area contributed by atoms with Crippen LogP contribution in [0.15, 0.2) is 11.4 Å². The van der Waals surface area contributed by atoms with Gasteiger partial charge in [0, 0.05) is 17.3 Å². The molecular weight excluding hydrogens is 296 g/mol. The van der Waals surface area contributed by atoms with Crippen LogP contribution in [0.3, 0.4) is 0 Å². The van der Waals surface area contributed by atoms with Gasteiger partial charge in [-0.05, 0) is 55.5 Å². The van der Waals surface area contributed by atoms with Gasteiger partial charge >= 0.3 is 0 Å². The zero-order chi connectivity index (χ0) is 15.7. The number of hydrogen-bond donors (Lipinski definition) is 1. The normalized spacial score (nSPS) is 27.5. The van der Waals surface area contributed by atoms with Crippen molar-refractivity contribution in [2.75, 3.05) is 6.54 Å². The molecule has 4 nitrogen and oxygen atoms in total. The minimum absolute atomic E-state index is 0.00848. The van der Waals surface area contributed by atoms with Crippen molar-refractivity contribution in [1.82, 2.24) is 10.2 Å². The maximum Gasteiger partial charge on any atom is 0.243 e. The summed E-state index contributed by atoms with van der Waals surface area (Å²) in [5.41, 5.74) is 1.22. The van der Waals surface area contributed by atoms with Gasteiger partial charge in [-0.2, -0.15) is 0 Å². The SMILES string of the molecule is Cc1ccsc1CNC(=O)[C@@H]1CCCCN1C(=O)[C@H]1C[C@H]1C. The van der Waals surface area contributed by atoms with Crippen LogP contribution in [0.5, 0.6) is 0 Å². The first kappa shape index (κ1) is 15.5. The van der Waals surface area contributed by atoms with Crippen molar-refractivity contribution in [3.05, 3.63) is 21.9 Å². The second kappa shape index (κ2) is 6.41. The van der Waals surface area contributed by atoms with Crippen molar-refractivity contribution in [3.8, 4) is 0 Å². The molecule has 3 atom stereocenters. The summed E-state index contributed by atoms with van der Waals surface area (Å²) in [4.78, 5) is 28.1. The number of piperidine rings is 1. The number of hydrogen-bond acceptors (Lipinski definition) is 3. The van der Waals surface area contributed by atoms with Crippen LogP contribution in [0.25, 0.3) is 0 Å². The van der Waals surface area contributed by atoms with Gasteiger partial charge in [-0.15, -0.1) is 11.3 Å². The van der Waals surface area contributed by atoms with Crippen molar-refractivity contribution < 1.29 is 9.59 Å². The van der Waals surface area contributed by atoms with E-state index in [4.69, 9.17) is 0 Å². The molecule has 1 saturated heterocycles. The molecule has 0 radical (unpaired) electrons. The number of likely N-dealkylation sites (tertiary alicyclic amines) is 1. The van der Waals surface area contributed by atoms with Crippen molar-refractivity contribution in [3.63, 3.8) is 0 Å².